The van der Waals surface area contributed by atoms with Crippen LogP contribution >= 0.6 is 0 Å². The molecule has 0 aliphatic heterocycles. The summed E-state index contributed by atoms with van der Waals surface area (Å²) >= 11 is 0. The van der Waals surface area contributed by atoms with E-state index in [2.05, 4.69) is 10.1 Å². The Kier molecular flexibility index (Phi) is 3.84. The summed E-state index contributed by atoms with van der Waals surface area (Å²) in [7, 11) is 1.27. The largest absolute Gasteiger partial charge is 0.465 e. The van der Waals surface area contributed by atoms with Crippen LogP contribution in [0.4, 0.5) is 4.79 Å². The normalized spacial score (nSPS) is 11.6. The number of carboxylic acid groups (broad SMARTS) is 1. The Hall–Kier alpha value is -2.08. The molecule has 0 fully saturated rings. The summed E-state index contributed by atoms with van der Waals surface area (Å²) in [4.78, 5) is 21.6. The zero-order chi connectivity index (χ0) is 12.1. The first kappa shape index (κ1) is 12.0. The van der Waals surface area contributed by atoms with E-state index in [-0.39, 0.29) is 0 Å². The lowest BCUT2D eigenvalue weighted by Crippen LogP contribution is -2.32. The van der Waals surface area contributed by atoms with Crippen molar-refractivity contribution in [2.24, 2.45) is 5.73 Å². The molecular formula is C10H12N2O4. The van der Waals surface area contributed by atoms with Crippen molar-refractivity contribution in [3.05, 3.63) is 35.4 Å². The van der Waals surface area contributed by atoms with Crippen LogP contribution in [-0.2, 0) is 4.74 Å². The minimum atomic E-state index is -1.23. The molecule has 0 bridgehead atoms. The van der Waals surface area contributed by atoms with Crippen LogP contribution in [-0.4, -0.2) is 24.3 Å². The predicted molar refractivity (Wildman–Crippen MR) is 55.9 cm³/mol. The maximum atomic E-state index is 11.2. The highest BCUT2D eigenvalue weighted by molar-refractivity contribution is 5.89. The number of carbonyl (C=O) groups excluding carboxylic acids is 1. The summed E-state index contributed by atoms with van der Waals surface area (Å²) in [6.45, 7) is 0. The average Bonchev–Trinajstić information content (AvgIpc) is 2.27. The number of nitrogens with one attached hydrogen (secondary N) is 1. The van der Waals surface area contributed by atoms with Gasteiger partial charge in [0.2, 0.25) is 0 Å². The lowest BCUT2D eigenvalue weighted by atomic mass is 10.1. The zero-order valence-corrected chi connectivity index (χ0v) is 8.64. The van der Waals surface area contributed by atoms with Crippen LogP contribution in [0.1, 0.15) is 22.1 Å². The minimum Gasteiger partial charge on any atom is -0.465 e. The van der Waals surface area contributed by atoms with Crippen LogP contribution in [0.2, 0.25) is 0 Å². The Morgan fingerprint density at radius 3 is 2.75 bits per heavy atom. The Bertz CT molecular complexity index is 406. The van der Waals surface area contributed by atoms with Gasteiger partial charge in [-0.3, -0.25) is 0 Å². The van der Waals surface area contributed by atoms with Gasteiger partial charge < -0.3 is 20.9 Å². The van der Waals surface area contributed by atoms with Crippen molar-refractivity contribution < 1.29 is 19.4 Å². The SMILES string of the molecule is COC(=O)c1cccc(C(N)NC(=O)O)c1. The average molecular weight is 224 g/mol. The van der Waals surface area contributed by atoms with Crippen molar-refractivity contribution in [3.63, 3.8) is 0 Å². The first-order valence-corrected chi connectivity index (χ1v) is 4.48. The molecule has 0 saturated heterocycles. The number of carbonyl (C=O) groups is 2. The first-order chi connectivity index (χ1) is 7.54. The summed E-state index contributed by atoms with van der Waals surface area (Å²) in [5.41, 5.74) is 6.38. The number of methoxy groups -OCH3 is 1. The Morgan fingerprint density at radius 2 is 2.19 bits per heavy atom. The second-order valence-corrected chi connectivity index (χ2v) is 3.04. The van der Waals surface area contributed by atoms with Gasteiger partial charge in [-0.1, -0.05) is 12.1 Å². The van der Waals surface area contributed by atoms with Gasteiger partial charge in [0.1, 0.15) is 6.17 Å². The summed E-state index contributed by atoms with van der Waals surface area (Å²) in [5, 5.41) is 10.6. The quantitative estimate of drug-likeness (QED) is 0.518. The van der Waals surface area contributed by atoms with Crippen molar-refractivity contribution in [1.82, 2.24) is 5.32 Å². The van der Waals surface area contributed by atoms with Crippen LogP contribution in [0, 0.1) is 0 Å². The molecule has 0 aliphatic rings. The number of nitrogens with two attached hydrogens (primary N) is 1. The Labute approximate surface area is 92.0 Å². The second-order valence-electron chi connectivity index (χ2n) is 3.04. The Morgan fingerprint density at radius 1 is 1.50 bits per heavy atom. The van der Waals surface area contributed by atoms with Crippen molar-refractivity contribution in [1.29, 1.82) is 0 Å². The van der Waals surface area contributed by atoms with E-state index in [1.165, 1.54) is 13.2 Å². The van der Waals surface area contributed by atoms with Crippen LogP contribution in [0.3, 0.4) is 0 Å². The highest BCUT2D eigenvalue weighted by Crippen LogP contribution is 2.11. The fraction of sp³-hybridized carbons (Fsp3) is 0.200. The molecule has 16 heavy (non-hydrogen) atoms. The van der Waals surface area contributed by atoms with Gasteiger partial charge in [0.15, 0.2) is 0 Å². The van der Waals surface area contributed by atoms with E-state index in [1.54, 1.807) is 18.2 Å². The fourth-order valence-electron chi connectivity index (χ4n) is 1.19. The van der Waals surface area contributed by atoms with E-state index >= 15 is 0 Å². The molecule has 6 heteroatoms. The third-order valence-corrected chi connectivity index (χ3v) is 1.95. The molecule has 1 unspecified atom stereocenters. The van der Waals surface area contributed by atoms with Gasteiger partial charge in [-0.25, -0.2) is 9.59 Å². The van der Waals surface area contributed by atoms with Gasteiger partial charge >= 0.3 is 12.1 Å². The van der Waals surface area contributed by atoms with Crippen LogP contribution in [0.15, 0.2) is 24.3 Å². The lowest BCUT2D eigenvalue weighted by molar-refractivity contribution is 0.0600. The van der Waals surface area contributed by atoms with Crippen molar-refractivity contribution in [3.8, 4) is 0 Å². The number of amides is 1. The minimum absolute atomic E-state index is 0.322. The molecule has 1 aromatic carbocycles. The molecule has 1 atom stereocenters. The topological polar surface area (TPSA) is 102 Å². The van der Waals surface area contributed by atoms with Crippen LogP contribution in [0.5, 0.6) is 0 Å². The molecule has 0 saturated carbocycles. The van der Waals surface area contributed by atoms with Gasteiger partial charge in [0.25, 0.3) is 0 Å². The van der Waals surface area contributed by atoms with Crippen molar-refractivity contribution in [2.75, 3.05) is 7.11 Å². The molecule has 0 aliphatic carbocycles. The van der Waals surface area contributed by atoms with Crippen molar-refractivity contribution >= 4 is 12.1 Å². The number of esters is 1. The van der Waals surface area contributed by atoms with Crippen LogP contribution in [0.25, 0.3) is 0 Å². The fourth-order valence-corrected chi connectivity index (χ4v) is 1.19. The maximum Gasteiger partial charge on any atom is 0.406 e. The molecular weight excluding hydrogens is 212 g/mol. The molecule has 0 spiro atoms. The molecule has 0 heterocycles. The number of ether oxygens (including phenoxy) is 1. The maximum absolute atomic E-state index is 11.2. The number of rotatable bonds is 3. The van der Waals surface area contributed by atoms with Gasteiger partial charge in [-0.2, -0.15) is 0 Å². The van der Waals surface area contributed by atoms with Crippen LogP contribution < -0.4 is 11.1 Å². The molecule has 1 amide bonds. The molecule has 0 aromatic heterocycles. The van der Waals surface area contributed by atoms with E-state index in [1.807, 2.05) is 0 Å². The highest BCUT2D eigenvalue weighted by Gasteiger charge is 2.11. The molecule has 6 nitrogen and oxygen atoms in total. The van der Waals surface area contributed by atoms with Gasteiger partial charge in [0.05, 0.1) is 12.7 Å². The number of hydrogen-bond donors (Lipinski definition) is 3. The standard InChI is InChI=1S/C10H12N2O4/c1-16-9(13)7-4-2-3-6(5-7)8(11)12-10(14)15/h2-5,8,12H,11H2,1H3,(H,14,15). The summed E-state index contributed by atoms with van der Waals surface area (Å²) < 4.78 is 4.54. The second kappa shape index (κ2) is 5.13. The molecule has 1 aromatic rings. The van der Waals surface area contributed by atoms with E-state index in [0.29, 0.717) is 11.1 Å². The summed E-state index contributed by atoms with van der Waals surface area (Å²) in [6.07, 6.45) is -2.10. The molecule has 0 radical (unpaired) electrons. The predicted octanol–water partition coefficient (Wildman–Crippen LogP) is 0.698. The van der Waals surface area contributed by atoms with Gasteiger partial charge in [-0.15, -0.1) is 0 Å². The smallest absolute Gasteiger partial charge is 0.406 e. The molecule has 4 N–H and O–H groups in total. The third kappa shape index (κ3) is 2.96. The number of hydrogen-bond acceptors (Lipinski definition) is 4. The first-order valence-electron chi connectivity index (χ1n) is 4.48. The monoisotopic (exact) mass is 224 g/mol. The lowest BCUT2D eigenvalue weighted by Gasteiger charge is -2.12. The van der Waals surface area contributed by atoms with Gasteiger partial charge in [-0.05, 0) is 17.7 Å². The van der Waals surface area contributed by atoms with E-state index in [0.717, 1.165) is 0 Å². The summed E-state index contributed by atoms with van der Waals surface area (Å²) in [6, 6.07) is 6.26. The molecule has 86 valence electrons. The Balaban J connectivity index is 2.89. The van der Waals surface area contributed by atoms with Gasteiger partial charge in [0, 0.05) is 0 Å². The highest BCUT2D eigenvalue weighted by atomic mass is 16.5. The zero-order valence-electron chi connectivity index (χ0n) is 8.64. The number of benzene rings is 1. The third-order valence-electron chi connectivity index (χ3n) is 1.95. The van der Waals surface area contributed by atoms with Crippen molar-refractivity contribution in [2.45, 2.75) is 6.17 Å². The van der Waals surface area contributed by atoms with E-state index in [4.69, 9.17) is 10.8 Å². The van der Waals surface area contributed by atoms with E-state index in [9.17, 15) is 9.59 Å². The van der Waals surface area contributed by atoms with E-state index < -0.39 is 18.2 Å². The summed E-state index contributed by atoms with van der Waals surface area (Å²) in [5.74, 6) is -0.496. The molecule has 1 rings (SSSR count).